The second kappa shape index (κ2) is 2.68. The molecule has 1 aromatic heterocycles. The lowest BCUT2D eigenvalue weighted by atomic mass is 10.2. The van der Waals surface area contributed by atoms with E-state index in [9.17, 15) is 0 Å². The monoisotopic (exact) mass is 184 g/mol. The Morgan fingerprint density at radius 1 is 1.45 bits per heavy atom. The maximum absolute atomic E-state index is 4.18. The average Bonchev–Trinajstić information content (AvgIpc) is 2.68. The van der Waals surface area contributed by atoms with Crippen molar-refractivity contribution in [1.29, 1.82) is 0 Å². The van der Waals surface area contributed by atoms with E-state index in [-0.39, 0.29) is 0 Å². The number of hydrogen-bond donors (Lipinski definition) is 0. The van der Waals surface area contributed by atoms with E-state index in [1.54, 1.807) is 16.0 Å². The van der Waals surface area contributed by atoms with Gasteiger partial charge in [0.05, 0.1) is 14.5 Å². The van der Waals surface area contributed by atoms with Crippen molar-refractivity contribution in [3.63, 3.8) is 0 Å². The number of hydrogen-bond acceptors (Lipinski definition) is 3. The summed E-state index contributed by atoms with van der Waals surface area (Å²) < 4.78 is 5.61. The minimum Gasteiger partial charge on any atom is -0.143 e. The molecule has 0 aromatic carbocycles. The molecule has 0 bridgehead atoms. The zero-order chi connectivity index (χ0) is 7.84. The summed E-state index contributed by atoms with van der Waals surface area (Å²) in [5.41, 5.74) is 1.30. The Kier molecular flexibility index (Phi) is 1.81. The summed E-state index contributed by atoms with van der Waals surface area (Å²) in [6.45, 7) is 4.41. The van der Waals surface area contributed by atoms with Crippen molar-refractivity contribution in [2.75, 3.05) is 0 Å². The average molecular weight is 184 g/mol. The standard InChI is InChI=1S/C7H12N2SSi/c1-5(2)6-7(10-9-8-6)11-3-4-11/h5,11H,3-4H2,1-2H3. The van der Waals surface area contributed by atoms with Gasteiger partial charge in [-0.2, -0.15) is 0 Å². The largest absolute Gasteiger partial charge is 0.143 e. The van der Waals surface area contributed by atoms with E-state index in [0.717, 1.165) is 0 Å². The van der Waals surface area contributed by atoms with Gasteiger partial charge in [-0.25, -0.2) is 0 Å². The number of rotatable bonds is 2. The van der Waals surface area contributed by atoms with Crippen LogP contribution in [0.5, 0.6) is 0 Å². The van der Waals surface area contributed by atoms with Gasteiger partial charge < -0.3 is 0 Å². The smallest absolute Gasteiger partial charge is 0.0877 e. The van der Waals surface area contributed by atoms with Crippen LogP contribution in [0.2, 0.25) is 12.1 Å². The Morgan fingerprint density at radius 3 is 2.73 bits per heavy atom. The Bertz CT molecular complexity index is 238. The summed E-state index contributed by atoms with van der Waals surface area (Å²) >= 11 is 1.65. The Balaban J connectivity index is 2.30. The maximum Gasteiger partial charge on any atom is 0.0877 e. The van der Waals surface area contributed by atoms with E-state index in [2.05, 4.69) is 23.4 Å². The van der Waals surface area contributed by atoms with Crippen LogP contribution in [0, 0.1) is 0 Å². The van der Waals surface area contributed by atoms with Gasteiger partial charge in [-0.3, -0.25) is 0 Å². The second-order valence-electron chi connectivity index (χ2n) is 3.45. The first kappa shape index (κ1) is 7.43. The maximum atomic E-state index is 4.18. The van der Waals surface area contributed by atoms with Crippen molar-refractivity contribution < 1.29 is 0 Å². The van der Waals surface area contributed by atoms with Crippen LogP contribution in [0.3, 0.4) is 0 Å². The van der Waals surface area contributed by atoms with Gasteiger partial charge in [0.25, 0.3) is 0 Å². The minimum atomic E-state index is -0.432. The lowest BCUT2D eigenvalue weighted by molar-refractivity contribution is 0.817. The molecule has 0 N–H and O–H groups in total. The van der Waals surface area contributed by atoms with Crippen LogP contribution in [0.4, 0.5) is 0 Å². The molecule has 0 spiro atoms. The third-order valence-electron chi connectivity index (χ3n) is 2.04. The predicted octanol–water partition coefficient (Wildman–Crippen LogP) is 1.11. The molecule has 0 aliphatic carbocycles. The van der Waals surface area contributed by atoms with Gasteiger partial charge in [0.15, 0.2) is 0 Å². The fourth-order valence-electron chi connectivity index (χ4n) is 1.23. The molecule has 2 nitrogen and oxygen atoms in total. The number of nitrogens with zero attached hydrogens (tertiary/aromatic N) is 2. The van der Waals surface area contributed by atoms with Gasteiger partial charge in [-0.05, 0) is 17.5 Å². The molecular formula is C7H12N2SSi. The summed E-state index contributed by atoms with van der Waals surface area (Å²) in [7, 11) is -0.432. The van der Waals surface area contributed by atoms with Crippen LogP contribution in [-0.2, 0) is 0 Å². The fraction of sp³-hybridized carbons (Fsp3) is 0.714. The van der Waals surface area contributed by atoms with Crippen LogP contribution in [0.15, 0.2) is 0 Å². The highest BCUT2D eigenvalue weighted by atomic mass is 32.1. The van der Waals surface area contributed by atoms with Crippen molar-refractivity contribution in [2.45, 2.75) is 31.9 Å². The first-order valence-electron chi connectivity index (χ1n) is 4.11. The molecule has 0 saturated carbocycles. The SMILES string of the molecule is CC(C)c1nnsc1[SiH]1CC1. The quantitative estimate of drug-likeness (QED) is 0.644. The van der Waals surface area contributed by atoms with E-state index in [1.807, 2.05) is 0 Å². The van der Waals surface area contributed by atoms with E-state index in [0.29, 0.717) is 5.92 Å². The van der Waals surface area contributed by atoms with Crippen LogP contribution < -0.4 is 4.50 Å². The Hall–Kier alpha value is -0.223. The molecule has 1 aromatic rings. The van der Waals surface area contributed by atoms with Gasteiger partial charge in [0.2, 0.25) is 0 Å². The molecule has 0 radical (unpaired) electrons. The molecule has 0 amide bonds. The third kappa shape index (κ3) is 1.37. The molecule has 0 atom stereocenters. The van der Waals surface area contributed by atoms with Crippen molar-refractivity contribution >= 4 is 24.8 Å². The van der Waals surface area contributed by atoms with Crippen molar-refractivity contribution in [3.8, 4) is 0 Å². The zero-order valence-electron chi connectivity index (χ0n) is 6.87. The van der Waals surface area contributed by atoms with Gasteiger partial charge in [0.1, 0.15) is 0 Å². The van der Waals surface area contributed by atoms with Gasteiger partial charge >= 0.3 is 0 Å². The number of aromatic nitrogens is 2. The van der Waals surface area contributed by atoms with Crippen molar-refractivity contribution in [2.24, 2.45) is 0 Å². The summed E-state index contributed by atoms with van der Waals surface area (Å²) in [6.07, 6.45) is 0. The Labute approximate surface area is 72.4 Å². The summed E-state index contributed by atoms with van der Waals surface area (Å²) in [6, 6.07) is 2.98. The molecule has 4 heteroatoms. The molecule has 1 aliphatic heterocycles. The molecule has 1 fully saturated rings. The highest BCUT2D eigenvalue weighted by Crippen LogP contribution is 2.25. The van der Waals surface area contributed by atoms with Crippen molar-refractivity contribution in [3.05, 3.63) is 5.69 Å². The first-order valence-corrected chi connectivity index (χ1v) is 7.09. The van der Waals surface area contributed by atoms with Gasteiger partial charge in [-0.1, -0.05) is 30.4 Å². The highest BCUT2D eigenvalue weighted by molar-refractivity contribution is 7.20. The predicted molar refractivity (Wildman–Crippen MR) is 50.4 cm³/mol. The van der Waals surface area contributed by atoms with E-state index in [4.69, 9.17) is 0 Å². The third-order valence-corrected chi connectivity index (χ3v) is 6.11. The molecule has 2 heterocycles. The van der Waals surface area contributed by atoms with Crippen molar-refractivity contribution in [1.82, 2.24) is 9.59 Å². The molecule has 2 rings (SSSR count). The van der Waals surface area contributed by atoms with E-state index in [1.165, 1.54) is 17.8 Å². The minimum absolute atomic E-state index is 0.432. The lowest BCUT2D eigenvalue weighted by Gasteiger charge is -2.00. The van der Waals surface area contributed by atoms with Crippen LogP contribution in [-0.4, -0.2) is 18.4 Å². The summed E-state index contributed by atoms with van der Waals surface area (Å²) in [5.74, 6) is 0.580. The zero-order valence-corrected chi connectivity index (χ0v) is 8.84. The van der Waals surface area contributed by atoms with Crippen LogP contribution in [0.25, 0.3) is 0 Å². The molecule has 1 aliphatic rings. The second-order valence-corrected chi connectivity index (χ2v) is 7.78. The van der Waals surface area contributed by atoms with Crippen LogP contribution in [0.1, 0.15) is 25.5 Å². The van der Waals surface area contributed by atoms with E-state index >= 15 is 0 Å². The van der Waals surface area contributed by atoms with Gasteiger partial charge in [0, 0.05) is 4.50 Å². The molecule has 0 unspecified atom stereocenters. The Morgan fingerprint density at radius 2 is 2.18 bits per heavy atom. The fourth-order valence-corrected chi connectivity index (χ4v) is 5.27. The topological polar surface area (TPSA) is 25.8 Å². The normalized spacial score (nSPS) is 17.7. The summed E-state index contributed by atoms with van der Waals surface area (Å²) in [5, 5.41) is 4.18. The molecule has 60 valence electrons. The summed E-state index contributed by atoms with van der Waals surface area (Å²) in [4.78, 5) is 0. The van der Waals surface area contributed by atoms with E-state index < -0.39 is 8.80 Å². The molecule has 1 saturated heterocycles. The van der Waals surface area contributed by atoms with Crippen LogP contribution >= 0.6 is 11.5 Å². The molecule has 11 heavy (non-hydrogen) atoms. The highest BCUT2D eigenvalue weighted by Gasteiger charge is 2.31. The van der Waals surface area contributed by atoms with Gasteiger partial charge in [-0.15, -0.1) is 5.10 Å². The lowest BCUT2D eigenvalue weighted by Crippen LogP contribution is -2.16. The molecular weight excluding hydrogens is 172 g/mol. The first-order chi connectivity index (χ1) is 5.29.